The summed E-state index contributed by atoms with van der Waals surface area (Å²) in [5.74, 6) is 0. The van der Waals surface area contributed by atoms with Crippen molar-refractivity contribution in [2.75, 3.05) is 11.9 Å². The lowest BCUT2D eigenvalue weighted by Crippen LogP contribution is -2.22. The van der Waals surface area contributed by atoms with Crippen molar-refractivity contribution >= 4 is 17.0 Å². The first-order valence-corrected chi connectivity index (χ1v) is 6.42. The van der Waals surface area contributed by atoms with E-state index in [1.807, 2.05) is 13.1 Å². The highest BCUT2D eigenvalue weighted by molar-refractivity contribution is 7.10. The molecule has 0 aliphatic carbocycles. The standard InChI is InChI=1S/C13H16N2OS/c1-10(13-4-3-7-17-13)15(2)12-5-6-14-8-11(12)9-16/h3-8,10,16H,9H2,1-2H3. The lowest BCUT2D eigenvalue weighted by Gasteiger charge is -2.27. The summed E-state index contributed by atoms with van der Waals surface area (Å²) in [6.45, 7) is 2.18. The summed E-state index contributed by atoms with van der Waals surface area (Å²) < 4.78 is 0. The number of aliphatic hydroxyl groups is 1. The summed E-state index contributed by atoms with van der Waals surface area (Å²) in [6, 6.07) is 6.42. The molecule has 2 aromatic rings. The summed E-state index contributed by atoms with van der Waals surface area (Å²) in [5, 5.41) is 11.4. The molecule has 1 atom stereocenters. The topological polar surface area (TPSA) is 36.4 Å². The lowest BCUT2D eigenvalue weighted by atomic mass is 10.1. The molecular weight excluding hydrogens is 232 g/mol. The first-order valence-electron chi connectivity index (χ1n) is 5.54. The Kier molecular flexibility index (Phi) is 3.76. The highest BCUT2D eigenvalue weighted by Crippen LogP contribution is 2.29. The van der Waals surface area contributed by atoms with Gasteiger partial charge in [-0.1, -0.05) is 6.07 Å². The molecule has 0 bridgehead atoms. The van der Waals surface area contributed by atoms with Gasteiger partial charge in [0.2, 0.25) is 0 Å². The highest BCUT2D eigenvalue weighted by Gasteiger charge is 2.15. The minimum atomic E-state index is 0.0185. The second-order valence-electron chi connectivity index (χ2n) is 3.96. The number of thiophene rings is 1. The van der Waals surface area contributed by atoms with Gasteiger partial charge in [-0.3, -0.25) is 4.98 Å². The number of pyridine rings is 1. The molecule has 4 heteroatoms. The quantitative estimate of drug-likeness (QED) is 0.904. The molecule has 1 N–H and O–H groups in total. The Morgan fingerprint density at radius 2 is 2.29 bits per heavy atom. The number of rotatable bonds is 4. The molecule has 0 saturated carbocycles. The molecule has 0 fully saturated rings. The van der Waals surface area contributed by atoms with Crippen LogP contribution in [0.2, 0.25) is 0 Å². The normalized spacial score (nSPS) is 12.4. The summed E-state index contributed by atoms with van der Waals surface area (Å²) in [7, 11) is 2.04. The van der Waals surface area contributed by atoms with E-state index < -0.39 is 0 Å². The number of hydrogen-bond donors (Lipinski definition) is 1. The van der Waals surface area contributed by atoms with E-state index in [4.69, 9.17) is 0 Å². The number of hydrogen-bond acceptors (Lipinski definition) is 4. The molecule has 2 heterocycles. The van der Waals surface area contributed by atoms with Gasteiger partial charge in [0.15, 0.2) is 0 Å². The van der Waals surface area contributed by atoms with Crippen molar-refractivity contribution in [2.24, 2.45) is 0 Å². The fourth-order valence-electron chi connectivity index (χ4n) is 1.81. The first-order chi connectivity index (χ1) is 8.24. The van der Waals surface area contributed by atoms with E-state index in [2.05, 4.69) is 34.3 Å². The fraction of sp³-hybridized carbons (Fsp3) is 0.308. The predicted octanol–water partition coefficient (Wildman–Crippen LogP) is 2.83. The lowest BCUT2D eigenvalue weighted by molar-refractivity contribution is 0.281. The van der Waals surface area contributed by atoms with Crippen molar-refractivity contribution in [3.8, 4) is 0 Å². The van der Waals surface area contributed by atoms with E-state index >= 15 is 0 Å². The van der Waals surface area contributed by atoms with Crippen LogP contribution >= 0.6 is 11.3 Å². The maximum absolute atomic E-state index is 9.32. The van der Waals surface area contributed by atoms with Crippen LogP contribution in [0.3, 0.4) is 0 Å². The SMILES string of the molecule is CC(c1cccs1)N(C)c1ccncc1CO. The van der Waals surface area contributed by atoms with Crippen LogP contribution in [-0.4, -0.2) is 17.1 Å². The van der Waals surface area contributed by atoms with Gasteiger partial charge in [-0.25, -0.2) is 0 Å². The Morgan fingerprint density at radius 3 is 2.94 bits per heavy atom. The monoisotopic (exact) mass is 248 g/mol. The van der Waals surface area contributed by atoms with Crippen LogP contribution in [0.25, 0.3) is 0 Å². The highest BCUT2D eigenvalue weighted by atomic mass is 32.1. The maximum atomic E-state index is 9.32. The van der Waals surface area contributed by atoms with Crippen LogP contribution in [0.15, 0.2) is 36.0 Å². The molecule has 0 amide bonds. The van der Waals surface area contributed by atoms with Gasteiger partial charge in [-0.05, 0) is 24.4 Å². The zero-order valence-electron chi connectivity index (χ0n) is 10.00. The second kappa shape index (κ2) is 5.29. The smallest absolute Gasteiger partial charge is 0.0717 e. The minimum Gasteiger partial charge on any atom is -0.392 e. The van der Waals surface area contributed by atoms with Crippen LogP contribution in [0.4, 0.5) is 5.69 Å². The van der Waals surface area contributed by atoms with Crippen LogP contribution in [0.1, 0.15) is 23.4 Å². The molecule has 1 unspecified atom stereocenters. The van der Waals surface area contributed by atoms with E-state index in [0.29, 0.717) is 6.04 Å². The average molecular weight is 248 g/mol. The minimum absolute atomic E-state index is 0.0185. The van der Waals surface area contributed by atoms with E-state index in [-0.39, 0.29) is 6.61 Å². The Bertz CT molecular complexity index is 470. The fourth-order valence-corrected chi connectivity index (χ4v) is 2.64. The summed E-state index contributed by atoms with van der Waals surface area (Å²) in [5.41, 5.74) is 1.89. The molecule has 3 nitrogen and oxygen atoms in total. The van der Waals surface area contributed by atoms with Crippen molar-refractivity contribution in [1.29, 1.82) is 0 Å². The Balaban J connectivity index is 2.27. The number of nitrogens with zero attached hydrogens (tertiary/aromatic N) is 2. The second-order valence-corrected chi connectivity index (χ2v) is 4.94. The Labute approximate surface area is 105 Å². The van der Waals surface area contributed by atoms with Crippen molar-refractivity contribution in [2.45, 2.75) is 19.6 Å². The summed E-state index contributed by atoms with van der Waals surface area (Å²) >= 11 is 1.75. The molecule has 0 aromatic carbocycles. The van der Waals surface area contributed by atoms with Gasteiger partial charge in [0.05, 0.1) is 12.6 Å². The molecule has 2 aromatic heterocycles. The maximum Gasteiger partial charge on any atom is 0.0717 e. The number of aromatic nitrogens is 1. The molecule has 90 valence electrons. The predicted molar refractivity (Wildman–Crippen MR) is 71.3 cm³/mol. The molecule has 0 aliphatic heterocycles. The molecule has 0 aliphatic rings. The van der Waals surface area contributed by atoms with E-state index in [1.165, 1.54) is 4.88 Å². The van der Waals surface area contributed by atoms with Gasteiger partial charge >= 0.3 is 0 Å². The molecule has 17 heavy (non-hydrogen) atoms. The van der Waals surface area contributed by atoms with Gasteiger partial charge in [0.1, 0.15) is 0 Å². The van der Waals surface area contributed by atoms with Gasteiger partial charge in [0, 0.05) is 35.6 Å². The third kappa shape index (κ3) is 2.48. The van der Waals surface area contributed by atoms with Gasteiger partial charge in [0.25, 0.3) is 0 Å². The van der Waals surface area contributed by atoms with Crippen LogP contribution in [0.5, 0.6) is 0 Å². The molecular formula is C13H16N2OS. The van der Waals surface area contributed by atoms with Crippen LogP contribution in [0, 0.1) is 0 Å². The average Bonchev–Trinajstić information content (AvgIpc) is 2.90. The molecule has 0 radical (unpaired) electrons. The van der Waals surface area contributed by atoms with E-state index in [9.17, 15) is 5.11 Å². The third-order valence-corrected chi connectivity index (χ3v) is 4.01. The number of anilines is 1. The van der Waals surface area contributed by atoms with E-state index in [0.717, 1.165) is 11.3 Å². The first kappa shape index (κ1) is 12.1. The number of aliphatic hydroxyl groups excluding tert-OH is 1. The zero-order chi connectivity index (χ0) is 12.3. The molecule has 0 saturated heterocycles. The summed E-state index contributed by atoms with van der Waals surface area (Å²) in [4.78, 5) is 7.52. The van der Waals surface area contributed by atoms with Crippen molar-refractivity contribution < 1.29 is 5.11 Å². The van der Waals surface area contributed by atoms with E-state index in [1.54, 1.807) is 23.7 Å². The third-order valence-electron chi connectivity index (χ3n) is 2.96. The summed E-state index contributed by atoms with van der Waals surface area (Å²) in [6.07, 6.45) is 3.47. The van der Waals surface area contributed by atoms with Crippen molar-refractivity contribution in [3.05, 3.63) is 46.4 Å². The van der Waals surface area contributed by atoms with Gasteiger partial charge in [-0.2, -0.15) is 0 Å². The Morgan fingerprint density at radius 1 is 1.47 bits per heavy atom. The zero-order valence-corrected chi connectivity index (χ0v) is 10.8. The molecule has 0 spiro atoms. The van der Waals surface area contributed by atoms with Gasteiger partial charge in [-0.15, -0.1) is 11.3 Å². The van der Waals surface area contributed by atoms with Crippen LogP contribution in [-0.2, 0) is 6.61 Å². The molecule has 2 rings (SSSR count). The largest absolute Gasteiger partial charge is 0.392 e. The van der Waals surface area contributed by atoms with Crippen molar-refractivity contribution in [3.63, 3.8) is 0 Å². The van der Waals surface area contributed by atoms with Gasteiger partial charge < -0.3 is 10.0 Å². The van der Waals surface area contributed by atoms with Crippen molar-refractivity contribution in [1.82, 2.24) is 4.98 Å². The van der Waals surface area contributed by atoms with Crippen LogP contribution < -0.4 is 4.90 Å². The Hall–Kier alpha value is -1.39.